The van der Waals surface area contributed by atoms with Crippen molar-refractivity contribution in [3.8, 4) is 0 Å². The Kier molecular flexibility index (Phi) is 6.84. The normalized spacial score (nSPS) is 20.8. The first-order chi connectivity index (χ1) is 9.04. The van der Waals surface area contributed by atoms with Gasteiger partial charge in [0.15, 0.2) is 0 Å². The summed E-state index contributed by atoms with van der Waals surface area (Å²) in [5.74, 6) is -0.781. The molecule has 0 aliphatic carbocycles. The van der Waals surface area contributed by atoms with Gasteiger partial charge in [0.2, 0.25) is 5.91 Å². The zero-order valence-corrected chi connectivity index (χ0v) is 12.0. The van der Waals surface area contributed by atoms with Crippen molar-refractivity contribution < 1.29 is 14.7 Å². The summed E-state index contributed by atoms with van der Waals surface area (Å²) in [5.41, 5.74) is 0. The molecule has 5 nitrogen and oxygen atoms in total. The van der Waals surface area contributed by atoms with E-state index >= 15 is 0 Å². The van der Waals surface area contributed by atoms with E-state index in [4.69, 9.17) is 5.11 Å². The number of hydrogen-bond acceptors (Lipinski definition) is 3. The van der Waals surface area contributed by atoms with Gasteiger partial charge in [0.1, 0.15) is 0 Å². The van der Waals surface area contributed by atoms with Gasteiger partial charge >= 0.3 is 5.97 Å². The van der Waals surface area contributed by atoms with Crippen LogP contribution in [0.2, 0.25) is 0 Å². The van der Waals surface area contributed by atoms with Crippen molar-refractivity contribution in [1.82, 2.24) is 10.2 Å². The average Bonchev–Trinajstić information content (AvgIpc) is 2.37. The Morgan fingerprint density at radius 2 is 2.16 bits per heavy atom. The first-order valence-electron chi connectivity index (χ1n) is 7.29. The van der Waals surface area contributed by atoms with Crippen LogP contribution in [0.5, 0.6) is 0 Å². The minimum atomic E-state index is -0.854. The third-order valence-electron chi connectivity index (χ3n) is 3.78. The molecule has 0 bridgehead atoms. The topological polar surface area (TPSA) is 69.6 Å². The van der Waals surface area contributed by atoms with Crippen molar-refractivity contribution in [2.24, 2.45) is 0 Å². The van der Waals surface area contributed by atoms with Crippen molar-refractivity contribution in [3.63, 3.8) is 0 Å². The van der Waals surface area contributed by atoms with E-state index in [0.717, 1.165) is 19.4 Å². The molecule has 1 saturated heterocycles. The SMILES string of the molecule is CCN(C(=O)CCC1CCCCN1)C(C)CC(=O)O. The molecule has 0 radical (unpaired) electrons. The summed E-state index contributed by atoms with van der Waals surface area (Å²) in [5, 5.41) is 12.2. The van der Waals surface area contributed by atoms with E-state index in [1.807, 2.05) is 6.92 Å². The van der Waals surface area contributed by atoms with E-state index < -0.39 is 5.97 Å². The first-order valence-corrected chi connectivity index (χ1v) is 7.29. The number of nitrogens with one attached hydrogen (secondary N) is 1. The van der Waals surface area contributed by atoms with Crippen LogP contribution in [0.1, 0.15) is 52.4 Å². The number of carboxylic acids is 1. The summed E-state index contributed by atoms with van der Waals surface area (Å²) in [4.78, 5) is 24.5. The van der Waals surface area contributed by atoms with Crippen molar-refractivity contribution in [2.45, 2.75) is 64.5 Å². The van der Waals surface area contributed by atoms with Crippen LogP contribution < -0.4 is 5.32 Å². The van der Waals surface area contributed by atoms with E-state index in [2.05, 4.69) is 5.32 Å². The Labute approximate surface area is 115 Å². The van der Waals surface area contributed by atoms with E-state index in [0.29, 0.717) is 19.0 Å². The number of aliphatic carboxylic acids is 1. The van der Waals surface area contributed by atoms with Gasteiger partial charge < -0.3 is 15.3 Å². The molecule has 1 aliphatic heterocycles. The van der Waals surface area contributed by atoms with Gasteiger partial charge in [-0.2, -0.15) is 0 Å². The van der Waals surface area contributed by atoms with Crippen molar-refractivity contribution in [2.75, 3.05) is 13.1 Å². The van der Waals surface area contributed by atoms with E-state index in [9.17, 15) is 9.59 Å². The lowest BCUT2D eigenvalue weighted by molar-refractivity contribution is -0.140. The van der Waals surface area contributed by atoms with Crippen LogP contribution in [-0.4, -0.2) is 47.1 Å². The fourth-order valence-electron chi connectivity index (χ4n) is 2.71. The van der Waals surface area contributed by atoms with Gasteiger partial charge in [-0.3, -0.25) is 9.59 Å². The average molecular weight is 270 g/mol. The fourth-order valence-corrected chi connectivity index (χ4v) is 2.71. The second-order valence-electron chi connectivity index (χ2n) is 5.31. The highest BCUT2D eigenvalue weighted by Crippen LogP contribution is 2.14. The molecule has 5 heteroatoms. The molecule has 1 aliphatic rings. The highest BCUT2D eigenvalue weighted by Gasteiger charge is 2.22. The predicted molar refractivity (Wildman–Crippen MR) is 74.0 cm³/mol. The molecule has 2 unspecified atom stereocenters. The monoisotopic (exact) mass is 270 g/mol. The van der Waals surface area contributed by atoms with Crippen LogP contribution in [0, 0.1) is 0 Å². The Balaban J connectivity index is 2.37. The molecule has 0 aromatic carbocycles. The molecular weight excluding hydrogens is 244 g/mol. The Morgan fingerprint density at radius 3 is 2.68 bits per heavy atom. The summed E-state index contributed by atoms with van der Waals surface area (Å²) in [6, 6.07) is 0.223. The summed E-state index contributed by atoms with van der Waals surface area (Å²) in [6.45, 7) is 5.32. The van der Waals surface area contributed by atoms with Gasteiger partial charge in [0.05, 0.1) is 6.42 Å². The predicted octanol–water partition coefficient (Wildman–Crippen LogP) is 1.62. The lowest BCUT2D eigenvalue weighted by Crippen LogP contribution is -2.41. The maximum absolute atomic E-state index is 12.1. The quantitative estimate of drug-likeness (QED) is 0.737. The zero-order valence-electron chi connectivity index (χ0n) is 12.0. The van der Waals surface area contributed by atoms with E-state index in [1.165, 1.54) is 12.8 Å². The summed E-state index contributed by atoms with van der Waals surface area (Å²) < 4.78 is 0. The lowest BCUT2D eigenvalue weighted by Gasteiger charge is -2.29. The number of nitrogens with zero attached hydrogens (tertiary/aromatic N) is 1. The second-order valence-corrected chi connectivity index (χ2v) is 5.31. The van der Waals surface area contributed by atoms with Crippen LogP contribution in [0.15, 0.2) is 0 Å². The minimum absolute atomic E-state index is 0.0151. The van der Waals surface area contributed by atoms with Gasteiger partial charge in [-0.15, -0.1) is 0 Å². The highest BCUT2D eigenvalue weighted by molar-refractivity contribution is 5.77. The maximum atomic E-state index is 12.1. The van der Waals surface area contributed by atoms with Gasteiger partial charge in [0, 0.05) is 25.0 Å². The third kappa shape index (κ3) is 5.59. The first kappa shape index (κ1) is 16.0. The van der Waals surface area contributed by atoms with Crippen LogP contribution in [0.3, 0.4) is 0 Å². The number of amides is 1. The van der Waals surface area contributed by atoms with Gasteiger partial charge in [-0.25, -0.2) is 0 Å². The summed E-state index contributed by atoms with van der Waals surface area (Å²) in [6.07, 6.45) is 4.98. The Bertz CT molecular complexity index is 301. The molecule has 2 N–H and O–H groups in total. The molecule has 0 saturated carbocycles. The minimum Gasteiger partial charge on any atom is -0.481 e. The van der Waals surface area contributed by atoms with E-state index in [1.54, 1.807) is 11.8 Å². The molecule has 110 valence electrons. The molecule has 19 heavy (non-hydrogen) atoms. The largest absolute Gasteiger partial charge is 0.481 e. The number of carbonyl (C=O) groups is 2. The Morgan fingerprint density at radius 1 is 1.42 bits per heavy atom. The fraction of sp³-hybridized carbons (Fsp3) is 0.857. The summed E-state index contributed by atoms with van der Waals surface area (Å²) in [7, 11) is 0. The van der Waals surface area contributed by atoms with Gasteiger partial charge in [0.25, 0.3) is 0 Å². The molecule has 0 spiro atoms. The molecule has 2 atom stereocenters. The molecule has 0 aromatic heterocycles. The number of hydrogen-bond donors (Lipinski definition) is 2. The third-order valence-corrected chi connectivity index (χ3v) is 3.78. The molecule has 0 aromatic rings. The molecule has 1 rings (SSSR count). The van der Waals surface area contributed by atoms with Crippen LogP contribution in [0.4, 0.5) is 0 Å². The maximum Gasteiger partial charge on any atom is 0.305 e. The molecule has 1 amide bonds. The molecular formula is C14H26N2O3. The number of rotatable bonds is 7. The van der Waals surface area contributed by atoms with Gasteiger partial charge in [-0.1, -0.05) is 6.42 Å². The molecule has 1 fully saturated rings. The zero-order chi connectivity index (χ0) is 14.3. The smallest absolute Gasteiger partial charge is 0.305 e. The van der Waals surface area contributed by atoms with Crippen molar-refractivity contribution in [3.05, 3.63) is 0 Å². The van der Waals surface area contributed by atoms with Crippen molar-refractivity contribution in [1.29, 1.82) is 0 Å². The van der Waals surface area contributed by atoms with Crippen molar-refractivity contribution >= 4 is 11.9 Å². The Hall–Kier alpha value is -1.10. The number of piperidine rings is 1. The number of carbonyl (C=O) groups excluding carboxylic acids is 1. The number of carboxylic acid groups (broad SMARTS) is 1. The lowest BCUT2D eigenvalue weighted by atomic mass is 10.00. The molecule has 1 heterocycles. The highest BCUT2D eigenvalue weighted by atomic mass is 16.4. The van der Waals surface area contributed by atoms with Gasteiger partial charge in [-0.05, 0) is 39.7 Å². The van der Waals surface area contributed by atoms with Crippen LogP contribution in [-0.2, 0) is 9.59 Å². The summed E-state index contributed by atoms with van der Waals surface area (Å²) >= 11 is 0. The van der Waals surface area contributed by atoms with Crippen LogP contribution >= 0.6 is 0 Å². The van der Waals surface area contributed by atoms with Crippen LogP contribution in [0.25, 0.3) is 0 Å². The standard InChI is InChI=1S/C14H26N2O3/c1-3-16(11(2)10-14(18)19)13(17)8-7-12-6-4-5-9-15-12/h11-12,15H,3-10H2,1-2H3,(H,18,19). The second kappa shape index (κ2) is 8.15. The van der Waals surface area contributed by atoms with E-state index in [-0.39, 0.29) is 18.4 Å².